The van der Waals surface area contributed by atoms with E-state index in [0.29, 0.717) is 18.1 Å². The molecule has 0 spiro atoms. The van der Waals surface area contributed by atoms with Gasteiger partial charge in [0.1, 0.15) is 6.04 Å². The fraction of sp³-hybridized carbons (Fsp3) is 0.385. The first-order valence-electron chi connectivity index (χ1n) is 5.96. The lowest BCUT2D eigenvalue weighted by Gasteiger charge is -2.28. The van der Waals surface area contributed by atoms with Crippen LogP contribution >= 0.6 is 11.8 Å². The average Bonchev–Trinajstić information content (AvgIpc) is 2.41. The summed E-state index contributed by atoms with van der Waals surface area (Å²) in [4.78, 5) is 25.4. The second-order valence-electron chi connectivity index (χ2n) is 4.05. The summed E-state index contributed by atoms with van der Waals surface area (Å²) < 4.78 is 0. The van der Waals surface area contributed by atoms with E-state index >= 15 is 0 Å². The molecule has 1 aromatic rings. The maximum atomic E-state index is 12.4. The SMILES string of the molecule is CCN(C(=O)C1CSCC(=O)N1)c1ccccc1. The average molecular weight is 264 g/mol. The maximum Gasteiger partial charge on any atom is 0.250 e. The summed E-state index contributed by atoms with van der Waals surface area (Å²) in [6.07, 6.45) is 0. The van der Waals surface area contributed by atoms with Crippen LogP contribution in [0.15, 0.2) is 30.3 Å². The molecule has 5 heteroatoms. The van der Waals surface area contributed by atoms with Crippen LogP contribution in [0.25, 0.3) is 0 Å². The molecular weight excluding hydrogens is 248 g/mol. The van der Waals surface area contributed by atoms with Crippen LogP contribution in [-0.4, -0.2) is 35.9 Å². The molecule has 0 saturated carbocycles. The van der Waals surface area contributed by atoms with Gasteiger partial charge in [-0.1, -0.05) is 18.2 Å². The Hall–Kier alpha value is -1.49. The van der Waals surface area contributed by atoms with Crippen LogP contribution in [0.1, 0.15) is 6.92 Å². The summed E-state index contributed by atoms with van der Waals surface area (Å²) in [6, 6.07) is 9.12. The van der Waals surface area contributed by atoms with Gasteiger partial charge in [-0.2, -0.15) is 0 Å². The van der Waals surface area contributed by atoms with E-state index in [1.165, 1.54) is 11.8 Å². The van der Waals surface area contributed by atoms with Crippen LogP contribution in [0.2, 0.25) is 0 Å². The summed E-state index contributed by atoms with van der Waals surface area (Å²) in [5.74, 6) is 0.993. The van der Waals surface area contributed by atoms with Crippen molar-refractivity contribution < 1.29 is 9.59 Å². The fourth-order valence-electron chi connectivity index (χ4n) is 1.94. The van der Waals surface area contributed by atoms with Crippen LogP contribution in [0, 0.1) is 0 Å². The molecule has 1 fully saturated rings. The van der Waals surface area contributed by atoms with Crippen molar-refractivity contribution in [2.24, 2.45) is 0 Å². The van der Waals surface area contributed by atoms with Crippen LogP contribution < -0.4 is 10.2 Å². The largest absolute Gasteiger partial charge is 0.343 e. The van der Waals surface area contributed by atoms with Crippen molar-refractivity contribution in [2.45, 2.75) is 13.0 Å². The second kappa shape index (κ2) is 5.91. The molecular formula is C13H16N2O2S. The van der Waals surface area contributed by atoms with Crippen molar-refractivity contribution >= 4 is 29.3 Å². The minimum atomic E-state index is -0.406. The lowest BCUT2D eigenvalue weighted by Crippen LogP contribution is -2.53. The molecule has 2 rings (SSSR count). The number of nitrogens with one attached hydrogen (secondary N) is 1. The predicted molar refractivity (Wildman–Crippen MR) is 73.7 cm³/mol. The number of hydrogen-bond acceptors (Lipinski definition) is 3. The van der Waals surface area contributed by atoms with Crippen molar-refractivity contribution in [3.63, 3.8) is 0 Å². The third-order valence-corrected chi connectivity index (χ3v) is 3.84. The van der Waals surface area contributed by atoms with E-state index in [0.717, 1.165) is 5.69 Å². The molecule has 18 heavy (non-hydrogen) atoms. The van der Waals surface area contributed by atoms with Crippen LogP contribution in [-0.2, 0) is 9.59 Å². The molecule has 1 heterocycles. The number of hydrogen-bond donors (Lipinski definition) is 1. The van der Waals surface area contributed by atoms with E-state index in [4.69, 9.17) is 0 Å². The van der Waals surface area contributed by atoms with Crippen molar-refractivity contribution in [1.29, 1.82) is 0 Å². The number of rotatable bonds is 3. The number of nitrogens with zero attached hydrogens (tertiary/aromatic N) is 1. The number of para-hydroxylation sites is 1. The topological polar surface area (TPSA) is 49.4 Å². The Labute approximate surface area is 111 Å². The molecule has 96 valence electrons. The summed E-state index contributed by atoms with van der Waals surface area (Å²) in [7, 11) is 0. The van der Waals surface area contributed by atoms with Gasteiger partial charge in [0.15, 0.2) is 0 Å². The zero-order valence-corrected chi connectivity index (χ0v) is 11.1. The first kappa shape index (κ1) is 13.0. The smallest absolute Gasteiger partial charge is 0.250 e. The highest BCUT2D eigenvalue weighted by Gasteiger charge is 2.28. The van der Waals surface area contributed by atoms with Gasteiger partial charge in [0, 0.05) is 18.0 Å². The zero-order chi connectivity index (χ0) is 13.0. The maximum absolute atomic E-state index is 12.4. The minimum absolute atomic E-state index is 0.0377. The van der Waals surface area contributed by atoms with Crippen LogP contribution in [0.4, 0.5) is 5.69 Å². The molecule has 2 amide bonds. The molecule has 0 radical (unpaired) electrons. The number of likely N-dealkylation sites (N-methyl/N-ethyl adjacent to an activating group) is 1. The van der Waals surface area contributed by atoms with Crippen molar-refractivity contribution in [3.8, 4) is 0 Å². The number of anilines is 1. The summed E-state index contributed by atoms with van der Waals surface area (Å²) in [6.45, 7) is 2.53. The molecule has 1 N–H and O–H groups in total. The van der Waals surface area contributed by atoms with Gasteiger partial charge < -0.3 is 10.2 Å². The first-order chi connectivity index (χ1) is 8.72. The molecule has 1 saturated heterocycles. The highest BCUT2D eigenvalue weighted by Crippen LogP contribution is 2.17. The molecule has 1 unspecified atom stereocenters. The lowest BCUT2D eigenvalue weighted by atomic mass is 10.2. The van der Waals surface area contributed by atoms with Crippen LogP contribution in [0.5, 0.6) is 0 Å². The third-order valence-electron chi connectivity index (χ3n) is 2.80. The summed E-state index contributed by atoms with van der Waals surface area (Å²) in [5.41, 5.74) is 0.870. The summed E-state index contributed by atoms with van der Waals surface area (Å²) >= 11 is 1.50. The van der Waals surface area contributed by atoms with E-state index in [1.54, 1.807) is 4.90 Å². The molecule has 4 nitrogen and oxygen atoms in total. The molecule has 0 aromatic heterocycles. The highest BCUT2D eigenvalue weighted by molar-refractivity contribution is 8.00. The molecule has 1 aliphatic rings. The van der Waals surface area contributed by atoms with Crippen molar-refractivity contribution in [1.82, 2.24) is 5.32 Å². The molecule has 0 aliphatic carbocycles. The Morgan fingerprint density at radius 2 is 2.17 bits per heavy atom. The van der Waals surface area contributed by atoms with Gasteiger partial charge in [-0.3, -0.25) is 9.59 Å². The number of carbonyl (C=O) groups excluding carboxylic acids is 2. The molecule has 1 atom stereocenters. The predicted octanol–water partition coefficient (Wildman–Crippen LogP) is 1.27. The number of thioether (sulfide) groups is 1. The molecule has 0 bridgehead atoms. The van der Waals surface area contributed by atoms with E-state index in [-0.39, 0.29) is 11.8 Å². The molecule has 1 aromatic carbocycles. The quantitative estimate of drug-likeness (QED) is 0.894. The van der Waals surface area contributed by atoms with Gasteiger partial charge in [-0.05, 0) is 19.1 Å². The Balaban J connectivity index is 2.13. The fourth-order valence-corrected chi connectivity index (χ4v) is 2.79. The van der Waals surface area contributed by atoms with Gasteiger partial charge in [0.2, 0.25) is 11.8 Å². The van der Waals surface area contributed by atoms with E-state index < -0.39 is 6.04 Å². The van der Waals surface area contributed by atoms with Gasteiger partial charge in [-0.25, -0.2) is 0 Å². The van der Waals surface area contributed by atoms with Gasteiger partial charge in [0.25, 0.3) is 0 Å². The van der Waals surface area contributed by atoms with E-state index in [9.17, 15) is 9.59 Å². The highest BCUT2D eigenvalue weighted by atomic mass is 32.2. The van der Waals surface area contributed by atoms with Crippen molar-refractivity contribution in [3.05, 3.63) is 30.3 Å². The van der Waals surface area contributed by atoms with Crippen molar-refractivity contribution in [2.75, 3.05) is 23.0 Å². The summed E-state index contributed by atoms with van der Waals surface area (Å²) in [5, 5.41) is 2.75. The normalized spacial score (nSPS) is 19.2. The van der Waals surface area contributed by atoms with Gasteiger partial charge in [-0.15, -0.1) is 11.8 Å². The monoisotopic (exact) mass is 264 g/mol. The number of carbonyl (C=O) groups is 2. The van der Waals surface area contributed by atoms with E-state index in [1.807, 2.05) is 37.3 Å². The minimum Gasteiger partial charge on any atom is -0.343 e. The molecule has 1 aliphatic heterocycles. The second-order valence-corrected chi connectivity index (χ2v) is 5.08. The zero-order valence-electron chi connectivity index (χ0n) is 10.3. The standard InChI is InChI=1S/C13H16N2O2S/c1-2-15(10-6-4-3-5-7-10)13(17)11-8-18-9-12(16)14-11/h3-7,11H,2,8-9H2,1H3,(H,14,16). The third kappa shape index (κ3) is 2.85. The van der Waals surface area contributed by atoms with Gasteiger partial charge in [0.05, 0.1) is 5.75 Å². The Bertz CT molecular complexity index is 436. The number of amides is 2. The van der Waals surface area contributed by atoms with Gasteiger partial charge >= 0.3 is 0 Å². The Morgan fingerprint density at radius 1 is 1.44 bits per heavy atom. The number of benzene rings is 1. The first-order valence-corrected chi connectivity index (χ1v) is 7.11. The van der Waals surface area contributed by atoms with E-state index in [2.05, 4.69) is 5.32 Å². The lowest BCUT2D eigenvalue weighted by molar-refractivity contribution is -0.126. The Kier molecular flexibility index (Phi) is 4.25. The van der Waals surface area contributed by atoms with Crippen LogP contribution in [0.3, 0.4) is 0 Å². The Morgan fingerprint density at radius 3 is 2.78 bits per heavy atom.